The molecule has 0 amide bonds. The summed E-state index contributed by atoms with van der Waals surface area (Å²) in [5.74, 6) is 0.298. The second kappa shape index (κ2) is 5.88. The standard InChI is InChI=1S/C15H13ClF2N4/c1-9-8-22(15(17)18)12-11(9)20-14(16)21-13(12)19-7-10-5-3-2-4-6-10/h2-6,8,15H,7H2,1H3,(H,19,20,21). The van der Waals surface area contributed by atoms with Crippen molar-refractivity contribution >= 4 is 28.5 Å². The van der Waals surface area contributed by atoms with Crippen molar-refractivity contribution in [1.82, 2.24) is 14.5 Å². The Hall–Kier alpha value is -2.21. The van der Waals surface area contributed by atoms with E-state index < -0.39 is 6.55 Å². The van der Waals surface area contributed by atoms with E-state index in [0.29, 0.717) is 23.4 Å². The van der Waals surface area contributed by atoms with Gasteiger partial charge in [0.25, 0.3) is 0 Å². The fourth-order valence-electron chi connectivity index (χ4n) is 2.34. The van der Waals surface area contributed by atoms with Crippen LogP contribution in [-0.4, -0.2) is 14.5 Å². The minimum absolute atomic E-state index is 0.0261. The summed E-state index contributed by atoms with van der Waals surface area (Å²) in [5.41, 5.74) is 2.32. The van der Waals surface area contributed by atoms with Crippen molar-refractivity contribution in [2.75, 3.05) is 5.32 Å². The average molecular weight is 323 g/mol. The Labute approximate surface area is 130 Å². The van der Waals surface area contributed by atoms with Gasteiger partial charge in [0.05, 0.1) is 5.52 Å². The zero-order valence-electron chi connectivity index (χ0n) is 11.7. The maximum atomic E-state index is 13.2. The molecule has 3 aromatic rings. The molecular weight excluding hydrogens is 310 g/mol. The number of alkyl halides is 2. The first kappa shape index (κ1) is 14.7. The number of hydrogen-bond donors (Lipinski definition) is 1. The average Bonchev–Trinajstić information content (AvgIpc) is 2.83. The molecule has 0 unspecified atom stereocenters. The van der Waals surface area contributed by atoms with Crippen molar-refractivity contribution in [1.29, 1.82) is 0 Å². The van der Waals surface area contributed by atoms with Gasteiger partial charge in [-0.15, -0.1) is 0 Å². The number of aryl methyl sites for hydroxylation is 1. The summed E-state index contributed by atoms with van der Waals surface area (Å²) in [6, 6.07) is 9.60. The Morgan fingerprint density at radius 2 is 1.95 bits per heavy atom. The van der Waals surface area contributed by atoms with Gasteiger partial charge in [-0.05, 0) is 29.7 Å². The zero-order valence-corrected chi connectivity index (χ0v) is 12.5. The van der Waals surface area contributed by atoms with E-state index in [1.165, 1.54) is 6.20 Å². The summed E-state index contributed by atoms with van der Waals surface area (Å²) in [6.45, 7) is -0.499. The monoisotopic (exact) mass is 322 g/mol. The lowest BCUT2D eigenvalue weighted by Crippen LogP contribution is -2.06. The summed E-state index contributed by atoms with van der Waals surface area (Å²) >= 11 is 5.91. The highest BCUT2D eigenvalue weighted by Crippen LogP contribution is 2.30. The summed E-state index contributed by atoms with van der Waals surface area (Å²) in [7, 11) is 0. The molecule has 0 aliphatic carbocycles. The van der Waals surface area contributed by atoms with E-state index in [9.17, 15) is 8.78 Å². The van der Waals surface area contributed by atoms with Crippen LogP contribution in [0.15, 0.2) is 36.5 Å². The Morgan fingerprint density at radius 3 is 2.64 bits per heavy atom. The molecule has 0 saturated carbocycles. The largest absolute Gasteiger partial charge is 0.364 e. The van der Waals surface area contributed by atoms with E-state index in [0.717, 1.165) is 10.1 Å². The lowest BCUT2D eigenvalue weighted by molar-refractivity contribution is 0.0751. The summed E-state index contributed by atoms with van der Waals surface area (Å²) in [4.78, 5) is 8.12. The van der Waals surface area contributed by atoms with Crippen molar-refractivity contribution < 1.29 is 8.78 Å². The molecule has 0 spiro atoms. The molecule has 22 heavy (non-hydrogen) atoms. The Morgan fingerprint density at radius 1 is 1.23 bits per heavy atom. The number of benzene rings is 1. The van der Waals surface area contributed by atoms with E-state index in [2.05, 4.69) is 15.3 Å². The highest BCUT2D eigenvalue weighted by molar-refractivity contribution is 6.28. The van der Waals surface area contributed by atoms with Crippen LogP contribution >= 0.6 is 11.6 Å². The molecule has 1 aromatic carbocycles. The molecule has 0 saturated heterocycles. The molecule has 0 atom stereocenters. The predicted molar refractivity (Wildman–Crippen MR) is 82.3 cm³/mol. The Bertz CT molecular complexity index is 802. The van der Waals surface area contributed by atoms with Crippen molar-refractivity contribution in [3.63, 3.8) is 0 Å². The fourth-order valence-corrected chi connectivity index (χ4v) is 2.51. The van der Waals surface area contributed by atoms with Crippen molar-refractivity contribution in [2.45, 2.75) is 20.0 Å². The third-order valence-electron chi connectivity index (χ3n) is 3.33. The van der Waals surface area contributed by atoms with Gasteiger partial charge >= 0.3 is 6.55 Å². The molecule has 0 fully saturated rings. The number of rotatable bonds is 4. The normalized spacial score (nSPS) is 11.3. The number of aromatic nitrogens is 3. The lowest BCUT2D eigenvalue weighted by atomic mass is 10.2. The third-order valence-corrected chi connectivity index (χ3v) is 3.50. The number of fused-ring (bicyclic) bond motifs is 1. The lowest BCUT2D eigenvalue weighted by Gasteiger charge is -2.10. The minimum Gasteiger partial charge on any atom is -0.364 e. The zero-order chi connectivity index (χ0) is 15.7. The van der Waals surface area contributed by atoms with Crippen molar-refractivity contribution in [3.05, 3.63) is 52.9 Å². The number of hydrogen-bond acceptors (Lipinski definition) is 3. The Balaban J connectivity index is 2.04. The van der Waals surface area contributed by atoms with Gasteiger partial charge in [0, 0.05) is 12.7 Å². The molecule has 0 aliphatic rings. The molecule has 114 valence electrons. The number of nitrogens with zero attached hydrogens (tertiary/aromatic N) is 3. The molecule has 7 heteroatoms. The van der Waals surface area contributed by atoms with Gasteiger partial charge in [0.2, 0.25) is 5.28 Å². The number of nitrogens with one attached hydrogen (secondary N) is 1. The maximum absolute atomic E-state index is 13.2. The second-order valence-electron chi connectivity index (χ2n) is 4.87. The van der Waals surface area contributed by atoms with Gasteiger partial charge < -0.3 is 5.32 Å². The van der Waals surface area contributed by atoms with Gasteiger partial charge in [0.1, 0.15) is 5.52 Å². The molecule has 1 N–H and O–H groups in total. The summed E-state index contributed by atoms with van der Waals surface area (Å²) < 4.78 is 27.3. The van der Waals surface area contributed by atoms with Gasteiger partial charge in [0.15, 0.2) is 5.82 Å². The minimum atomic E-state index is -2.67. The van der Waals surface area contributed by atoms with Gasteiger partial charge in [-0.3, -0.25) is 4.57 Å². The van der Waals surface area contributed by atoms with Crippen LogP contribution in [0.5, 0.6) is 0 Å². The van der Waals surface area contributed by atoms with E-state index in [4.69, 9.17) is 11.6 Å². The summed E-state index contributed by atoms with van der Waals surface area (Å²) in [6.07, 6.45) is 1.36. The van der Waals surface area contributed by atoms with E-state index in [-0.39, 0.29) is 10.8 Å². The molecule has 0 bridgehead atoms. The first-order valence-corrected chi connectivity index (χ1v) is 7.04. The van der Waals surface area contributed by atoms with Gasteiger partial charge in [-0.1, -0.05) is 30.3 Å². The number of anilines is 1. The first-order chi connectivity index (χ1) is 10.6. The number of halogens is 3. The highest BCUT2D eigenvalue weighted by Gasteiger charge is 2.19. The van der Waals surface area contributed by atoms with Crippen molar-refractivity contribution in [3.8, 4) is 0 Å². The first-order valence-electron chi connectivity index (χ1n) is 6.67. The van der Waals surface area contributed by atoms with E-state index >= 15 is 0 Å². The van der Waals surface area contributed by atoms with E-state index in [1.807, 2.05) is 30.3 Å². The van der Waals surface area contributed by atoms with Crippen molar-refractivity contribution in [2.24, 2.45) is 0 Å². The molecule has 0 radical (unpaired) electrons. The van der Waals surface area contributed by atoms with Crippen LogP contribution in [0.3, 0.4) is 0 Å². The smallest absolute Gasteiger partial charge is 0.319 e. The van der Waals surface area contributed by atoms with Crippen LogP contribution in [-0.2, 0) is 6.54 Å². The van der Waals surface area contributed by atoms with Gasteiger partial charge in [-0.2, -0.15) is 13.8 Å². The van der Waals surface area contributed by atoms with Gasteiger partial charge in [-0.25, -0.2) is 4.98 Å². The third kappa shape index (κ3) is 2.74. The topological polar surface area (TPSA) is 42.7 Å². The van der Waals surface area contributed by atoms with E-state index in [1.54, 1.807) is 6.92 Å². The predicted octanol–water partition coefficient (Wildman–Crippen LogP) is 4.40. The molecule has 0 aliphatic heterocycles. The fraction of sp³-hybridized carbons (Fsp3) is 0.200. The second-order valence-corrected chi connectivity index (χ2v) is 5.21. The van der Waals surface area contributed by atoms with Crippen LogP contribution in [0.25, 0.3) is 11.0 Å². The molecular formula is C15H13ClF2N4. The van der Waals surface area contributed by atoms with Crippen LogP contribution in [0, 0.1) is 6.92 Å². The quantitative estimate of drug-likeness (QED) is 0.724. The highest BCUT2D eigenvalue weighted by atomic mass is 35.5. The summed E-state index contributed by atoms with van der Waals surface area (Å²) in [5, 5.41) is 3.09. The molecule has 2 aromatic heterocycles. The molecule has 4 nitrogen and oxygen atoms in total. The Kier molecular flexibility index (Phi) is 3.94. The molecule has 2 heterocycles. The molecule has 3 rings (SSSR count). The SMILES string of the molecule is Cc1cn(C(F)F)c2c(NCc3ccccc3)nc(Cl)nc12. The van der Waals surface area contributed by atoms with Crippen LogP contribution in [0.1, 0.15) is 17.7 Å². The van der Waals surface area contributed by atoms with Crippen LogP contribution < -0.4 is 5.32 Å². The maximum Gasteiger partial charge on any atom is 0.319 e. The van der Waals surface area contributed by atoms with Crippen LogP contribution in [0.4, 0.5) is 14.6 Å². The van der Waals surface area contributed by atoms with Crippen LogP contribution in [0.2, 0.25) is 5.28 Å².